The van der Waals surface area contributed by atoms with Gasteiger partial charge in [0.1, 0.15) is 0 Å². The number of nitrogens with one attached hydrogen (secondary N) is 2. The van der Waals surface area contributed by atoms with Crippen molar-refractivity contribution in [2.24, 2.45) is 0 Å². The van der Waals surface area contributed by atoms with Gasteiger partial charge in [-0.05, 0) is 49.4 Å². The molecule has 2 aromatic carbocycles. The number of hydrogen-bond acceptors (Lipinski definition) is 3. The highest BCUT2D eigenvalue weighted by atomic mass is 35.5. The van der Waals surface area contributed by atoms with E-state index < -0.39 is 22.0 Å². The molecule has 0 spiro atoms. The molecular formula is C15H13Cl3N2O3S. The van der Waals surface area contributed by atoms with Crippen LogP contribution in [0.15, 0.2) is 47.4 Å². The molecule has 0 fully saturated rings. The zero-order chi connectivity index (χ0) is 17.9. The summed E-state index contributed by atoms with van der Waals surface area (Å²) in [5, 5.41) is 3.64. The first-order valence-electron chi connectivity index (χ1n) is 6.73. The second-order valence-corrected chi connectivity index (χ2v) is 7.90. The lowest BCUT2D eigenvalue weighted by Crippen LogP contribution is -2.41. The molecular weight excluding hydrogens is 395 g/mol. The Labute approximate surface area is 155 Å². The van der Waals surface area contributed by atoms with E-state index in [0.717, 1.165) is 0 Å². The van der Waals surface area contributed by atoms with Gasteiger partial charge in [0.25, 0.3) is 0 Å². The van der Waals surface area contributed by atoms with E-state index in [2.05, 4.69) is 10.0 Å². The fourth-order valence-electron chi connectivity index (χ4n) is 1.80. The quantitative estimate of drug-likeness (QED) is 0.788. The monoisotopic (exact) mass is 406 g/mol. The summed E-state index contributed by atoms with van der Waals surface area (Å²) in [6.45, 7) is 1.42. The summed E-state index contributed by atoms with van der Waals surface area (Å²) in [6, 6.07) is 9.16. The minimum absolute atomic E-state index is 0.0103. The lowest BCUT2D eigenvalue weighted by molar-refractivity contribution is -0.117. The molecule has 0 aromatic heterocycles. The molecule has 24 heavy (non-hydrogen) atoms. The van der Waals surface area contributed by atoms with Crippen LogP contribution in [-0.2, 0) is 14.8 Å². The number of amides is 1. The van der Waals surface area contributed by atoms with Crippen molar-refractivity contribution < 1.29 is 13.2 Å². The predicted molar refractivity (Wildman–Crippen MR) is 96.3 cm³/mol. The Morgan fingerprint density at radius 1 is 1.00 bits per heavy atom. The van der Waals surface area contributed by atoms with Crippen molar-refractivity contribution in [1.29, 1.82) is 0 Å². The molecule has 2 aromatic rings. The van der Waals surface area contributed by atoms with Gasteiger partial charge in [-0.1, -0.05) is 34.8 Å². The first kappa shape index (κ1) is 19.0. The van der Waals surface area contributed by atoms with Crippen molar-refractivity contribution in [3.05, 3.63) is 57.5 Å². The number of benzene rings is 2. The highest BCUT2D eigenvalue weighted by Crippen LogP contribution is 2.25. The number of anilines is 1. The normalized spacial score (nSPS) is 12.7. The van der Waals surface area contributed by atoms with Crippen molar-refractivity contribution in [3.63, 3.8) is 0 Å². The van der Waals surface area contributed by atoms with Crippen LogP contribution in [0.3, 0.4) is 0 Å². The Morgan fingerprint density at radius 2 is 1.58 bits per heavy atom. The first-order chi connectivity index (χ1) is 11.2. The van der Waals surface area contributed by atoms with Crippen LogP contribution in [0.4, 0.5) is 5.69 Å². The lowest BCUT2D eigenvalue weighted by Gasteiger charge is -2.15. The van der Waals surface area contributed by atoms with Crippen LogP contribution < -0.4 is 10.0 Å². The molecule has 0 aliphatic carbocycles. The largest absolute Gasteiger partial charge is 0.323 e. The average Bonchev–Trinajstić information content (AvgIpc) is 2.50. The van der Waals surface area contributed by atoms with Gasteiger partial charge >= 0.3 is 0 Å². The van der Waals surface area contributed by atoms with Crippen LogP contribution in [0.5, 0.6) is 0 Å². The zero-order valence-electron chi connectivity index (χ0n) is 12.4. The van der Waals surface area contributed by atoms with Gasteiger partial charge in [-0.25, -0.2) is 8.42 Å². The van der Waals surface area contributed by atoms with Crippen molar-refractivity contribution in [1.82, 2.24) is 4.72 Å². The number of sulfonamides is 1. The Kier molecular flexibility index (Phi) is 6.11. The van der Waals surface area contributed by atoms with Crippen LogP contribution in [-0.4, -0.2) is 20.4 Å². The van der Waals surface area contributed by atoms with Gasteiger partial charge in [0, 0.05) is 10.0 Å². The molecule has 0 radical (unpaired) electrons. The highest BCUT2D eigenvalue weighted by molar-refractivity contribution is 7.89. The van der Waals surface area contributed by atoms with Gasteiger partial charge in [0.15, 0.2) is 0 Å². The highest BCUT2D eigenvalue weighted by Gasteiger charge is 2.22. The molecule has 0 heterocycles. The van der Waals surface area contributed by atoms with Crippen LogP contribution in [0.1, 0.15) is 6.92 Å². The summed E-state index contributed by atoms with van der Waals surface area (Å²) < 4.78 is 26.8. The minimum Gasteiger partial charge on any atom is -0.323 e. The summed E-state index contributed by atoms with van der Waals surface area (Å²) in [7, 11) is -3.85. The number of rotatable bonds is 5. The Balaban J connectivity index is 2.09. The van der Waals surface area contributed by atoms with E-state index in [1.165, 1.54) is 43.3 Å². The first-order valence-corrected chi connectivity index (χ1v) is 9.34. The molecule has 128 valence electrons. The smallest absolute Gasteiger partial charge is 0.242 e. The van der Waals surface area contributed by atoms with Crippen LogP contribution >= 0.6 is 34.8 Å². The van der Waals surface area contributed by atoms with E-state index in [-0.39, 0.29) is 9.92 Å². The predicted octanol–water partition coefficient (Wildman–Crippen LogP) is 3.95. The van der Waals surface area contributed by atoms with Crippen LogP contribution in [0, 0.1) is 0 Å². The molecule has 0 saturated carbocycles. The Bertz CT molecular complexity index is 855. The van der Waals surface area contributed by atoms with Crippen LogP contribution in [0.25, 0.3) is 0 Å². The van der Waals surface area contributed by atoms with Gasteiger partial charge in [-0.3, -0.25) is 4.79 Å². The van der Waals surface area contributed by atoms with Crippen molar-refractivity contribution in [2.45, 2.75) is 17.9 Å². The topological polar surface area (TPSA) is 75.3 Å². The lowest BCUT2D eigenvalue weighted by atomic mass is 10.3. The third-order valence-electron chi connectivity index (χ3n) is 3.04. The fraction of sp³-hybridized carbons (Fsp3) is 0.133. The van der Waals surface area contributed by atoms with E-state index in [0.29, 0.717) is 15.7 Å². The van der Waals surface area contributed by atoms with E-state index in [1.54, 1.807) is 6.07 Å². The van der Waals surface area contributed by atoms with Gasteiger partial charge in [-0.2, -0.15) is 4.72 Å². The molecule has 9 heteroatoms. The molecule has 2 rings (SSSR count). The van der Waals surface area contributed by atoms with E-state index in [4.69, 9.17) is 34.8 Å². The molecule has 0 aliphatic rings. The maximum atomic E-state index is 12.2. The molecule has 1 atom stereocenters. The van der Waals surface area contributed by atoms with Gasteiger partial charge in [0.2, 0.25) is 15.9 Å². The second-order valence-electron chi connectivity index (χ2n) is 4.91. The van der Waals surface area contributed by atoms with Gasteiger partial charge in [0.05, 0.1) is 21.6 Å². The summed E-state index contributed by atoms with van der Waals surface area (Å²) in [4.78, 5) is 12.2. The third-order valence-corrected chi connectivity index (χ3v) is 5.39. The number of hydrogen-bond donors (Lipinski definition) is 2. The van der Waals surface area contributed by atoms with E-state index >= 15 is 0 Å². The zero-order valence-corrected chi connectivity index (χ0v) is 15.5. The van der Waals surface area contributed by atoms with Crippen molar-refractivity contribution in [2.75, 3.05) is 5.32 Å². The molecule has 2 N–H and O–H groups in total. The molecule has 0 unspecified atom stereocenters. The Morgan fingerprint density at radius 3 is 2.17 bits per heavy atom. The Hall–Kier alpha value is -1.31. The van der Waals surface area contributed by atoms with Crippen molar-refractivity contribution in [3.8, 4) is 0 Å². The SMILES string of the molecule is C[C@H](NS(=O)(=O)c1ccc(Cl)cc1)C(=O)Nc1ccc(Cl)cc1Cl. The molecule has 1 amide bonds. The van der Waals surface area contributed by atoms with Gasteiger partial charge in [-0.15, -0.1) is 0 Å². The molecule has 5 nitrogen and oxygen atoms in total. The standard InChI is InChI=1S/C15H13Cl3N2O3S/c1-9(15(21)19-14-7-4-11(17)8-13(14)18)20-24(22,23)12-5-2-10(16)3-6-12/h2-9,20H,1H3,(H,19,21)/t9-/m0/s1. The summed E-state index contributed by atoms with van der Waals surface area (Å²) in [5.74, 6) is -0.559. The minimum atomic E-state index is -3.85. The van der Waals surface area contributed by atoms with Gasteiger partial charge < -0.3 is 5.32 Å². The molecule has 0 aliphatic heterocycles. The second kappa shape index (κ2) is 7.72. The van der Waals surface area contributed by atoms with Crippen molar-refractivity contribution >= 4 is 56.4 Å². The summed E-state index contributed by atoms with van der Waals surface area (Å²) >= 11 is 17.5. The fourth-order valence-corrected chi connectivity index (χ4v) is 3.58. The van der Waals surface area contributed by atoms with E-state index in [1.807, 2.05) is 0 Å². The molecule has 0 bridgehead atoms. The maximum Gasteiger partial charge on any atom is 0.242 e. The molecule has 0 saturated heterocycles. The van der Waals surface area contributed by atoms with Crippen LogP contribution in [0.2, 0.25) is 15.1 Å². The third kappa shape index (κ3) is 4.84. The number of carbonyl (C=O) groups excluding carboxylic acids is 1. The maximum absolute atomic E-state index is 12.2. The summed E-state index contributed by atoms with van der Waals surface area (Å²) in [5.41, 5.74) is 0.337. The average molecular weight is 408 g/mol. The number of halogens is 3. The number of carbonyl (C=O) groups is 1. The van der Waals surface area contributed by atoms with E-state index in [9.17, 15) is 13.2 Å². The summed E-state index contributed by atoms with van der Waals surface area (Å²) in [6.07, 6.45) is 0.